The van der Waals surface area contributed by atoms with E-state index in [0.717, 1.165) is 16.7 Å². The Kier molecular flexibility index (Phi) is 7.97. The molecule has 2 N–H and O–H groups in total. The van der Waals surface area contributed by atoms with Gasteiger partial charge in [-0.1, -0.05) is 90.5 Å². The normalized spacial score (nSPS) is 13.6. The fraction of sp³-hybridized carbons (Fsp3) is 0.192. The molecule has 30 heavy (non-hydrogen) atoms. The summed E-state index contributed by atoms with van der Waals surface area (Å²) in [6.45, 7) is 2.39. The quantitative estimate of drug-likeness (QED) is 0.353. The number of aliphatic hydroxyl groups excluding tert-OH is 1. The van der Waals surface area contributed by atoms with Gasteiger partial charge in [0.05, 0.1) is 6.10 Å². The van der Waals surface area contributed by atoms with Crippen molar-refractivity contribution in [3.05, 3.63) is 107 Å². The van der Waals surface area contributed by atoms with Gasteiger partial charge in [-0.05, 0) is 35.8 Å². The smallest absolute Gasteiger partial charge is 0.164 e. The molecule has 2 unspecified atom stereocenters. The van der Waals surface area contributed by atoms with Gasteiger partial charge in [0.1, 0.15) is 0 Å². The van der Waals surface area contributed by atoms with Crippen LogP contribution < -0.4 is 5.32 Å². The van der Waals surface area contributed by atoms with Crippen LogP contribution in [0.2, 0.25) is 5.02 Å². The van der Waals surface area contributed by atoms with Gasteiger partial charge in [0, 0.05) is 29.6 Å². The lowest BCUT2D eigenvalue weighted by atomic mass is 9.97. The van der Waals surface area contributed by atoms with E-state index in [9.17, 15) is 9.90 Å². The van der Waals surface area contributed by atoms with Crippen LogP contribution in [0.25, 0.3) is 11.6 Å². The number of allylic oxidation sites excluding steroid dienone is 1. The maximum absolute atomic E-state index is 13.1. The predicted molar refractivity (Wildman–Crippen MR) is 124 cm³/mol. The van der Waals surface area contributed by atoms with Crippen molar-refractivity contribution in [1.82, 2.24) is 5.32 Å². The van der Waals surface area contributed by atoms with Crippen LogP contribution in [0.3, 0.4) is 0 Å². The minimum absolute atomic E-state index is 0.0232. The Morgan fingerprint density at radius 3 is 2.23 bits per heavy atom. The van der Waals surface area contributed by atoms with E-state index in [1.165, 1.54) is 0 Å². The first-order valence-corrected chi connectivity index (χ1v) is 10.5. The van der Waals surface area contributed by atoms with Crippen LogP contribution in [0, 0.1) is 0 Å². The molecule has 3 aromatic carbocycles. The van der Waals surface area contributed by atoms with Crippen molar-refractivity contribution in [2.45, 2.75) is 25.5 Å². The number of aliphatic hydroxyl groups is 1. The highest BCUT2D eigenvalue weighted by atomic mass is 35.5. The Balaban J connectivity index is 1.69. The number of carbonyl (C=O) groups is 1. The van der Waals surface area contributed by atoms with Crippen molar-refractivity contribution < 1.29 is 9.90 Å². The molecule has 0 saturated heterocycles. The number of hydrogen-bond acceptors (Lipinski definition) is 3. The molecule has 0 aromatic heterocycles. The van der Waals surface area contributed by atoms with Crippen LogP contribution in [0.5, 0.6) is 0 Å². The minimum atomic E-state index is -0.631. The number of nitrogens with one attached hydrogen (secondary N) is 1. The molecule has 0 aliphatic rings. The molecule has 0 aliphatic carbocycles. The summed E-state index contributed by atoms with van der Waals surface area (Å²) in [5, 5.41) is 14.4. The Labute approximate surface area is 183 Å². The minimum Gasteiger partial charge on any atom is -0.387 e. The second kappa shape index (κ2) is 10.9. The highest BCUT2D eigenvalue weighted by Gasteiger charge is 2.17. The summed E-state index contributed by atoms with van der Waals surface area (Å²) in [6.07, 6.45) is 1.53. The summed E-state index contributed by atoms with van der Waals surface area (Å²) in [4.78, 5) is 13.1. The van der Waals surface area contributed by atoms with Gasteiger partial charge in [-0.25, -0.2) is 0 Å². The van der Waals surface area contributed by atoms with Crippen molar-refractivity contribution in [3.8, 4) is 0 Å². The van der Waals surface area contributed by atoms with E-state index in [1.807, 2.05) is 97.9 Å². The molecular formula is C26H26ClNO2. The van der Waals surface area contributed by atoms with Crippen LogP contribution >= 0.6 is 11.6 Å². The molecule has 0 heterocycles. The fourth-order valence-corrected chi connectivity index (χ4v) is 3.48. The highest BCUT2D eigenvalue weighted by molar-refractivity contribution is 6.33. The van der Waals surface area contributed by atoms with Crippen LogP contribution in [-0.2, 0) is 4.79 Å². The molecule has 3 rings (SSSR count). The van der Waals surface area contributed by atoms with Gasteiger partial charge in [0.25, 0.3) is 0 Å². The maximum Gasteiger partial charge on any atom is 0.164 e. The summed E-state index contributed by atoms with van der Waals surface area (Å²) in [5.41, 5.74) is 3.15. The number of ketones is 1. The molecule has 3 aromatic rings. The van der Waals surface area contributed by atoms with Gasteiger partial charge in [-0.2, -0.15) is 0 Å². The van der Waals surface area contributed by atoms with E-state index >= 15 is 0 Å². The van der Waals surface area contributed by atoms with E-state index < -0.39 is 6.10 Å². The third-order valence-electron chi connectivity index (χ3n) is 5.02. The third kappa shape index (κ3) is 5.90. The predicted octanol–water partition coefficient (Wildman–Crippen LogP) is 5.55. The van der Waals surface area contributed by atoms with Crippen molar-refractivity contribution >= 4 is 29.0 Å². The van der Waals surface area contributed by atoms with Gasteiger partial charge in [0.2, 0.25) is 0 Å². The first kappa shape index (κ1) is 22.0. The molecule has 0 spiro atoms. The van der Waals surface area contributed by atoms with E-state index in [-0.39, 0.29) is 11.8 Å². The first-order chi connectivity index (χ1) is 14.6. The maximum atomic E-state index is 13.1. The Bertz CT molecular complexity index is 986. The van der Waals surface area contributed by atoms with Crippen LogP contribution in [0.4, 0.5) is 0 Å². The number of benzene rings is 3. The third-order valence-corrected chi connectivity index (χ3v) is 5.37. The summed E-state index contributed by atoms with van der Waals surface area (Å²) in [7, 11) is 0. The Hall–Kier alpha value is -2.72. The van der Waals surface area contributed by atoms with Crippen LogP contribution in [-0.4, -0.2) is 23.5 Å². The van der Waals surface area contributed by atoms with Crippen molar-refractivity contribution in [1.29, 1.82) is 0 Å². The number of rotatable bonds is 9. The molecule has 0 amide bonds. The SMILES string of the molecule is CC(NCCC(=O)/C(=C/c1ccccc1Cl)c1ccccc1)C(O)c1ccccc1. The summed E-state index contributed by atoms with van der Waals surface area (Å²) < 4.78 is 0. The number of hydrogen-bond donors (Lipinski definition) is 2. The van der Waals surface area contributed by atoms with Crippen molar-refractivity contribution in [2.24, 2.45) is 0 Å². The highest BCUT2D eigenvalue weighted by Crippen LogP contribution is 2.24. The number of carbonyl (C=O) groups excluding carboxylic acids is 1. The van der Waals surface area contributed by atoms with E-state index in [4.69, 9.17) is 11.6 Å². The molecule has 154 valence electrons. The molecule has 0 aliphatic heterocycles. The Morgan fingerprint density at radius 2 is 1.57 bits per heavy atom. The number of halogens is 1. The monoisotopic (exact) mass is 419 g/mol. The van der Waals surface area contributed by atoms with Gasteiger partial charge in [0.15, 0.2) is 5.78 Å². The lowest BCUT2D eigenvalue weighted by Gasteiger charge is -2.20. The summed E-state index contributed by atoms with van der Waals surface area (Å²) >= 11 is 6.30. The van der Waals surface area contributed by atoms with Crippen molar-refractivity contribution in [2.75, 3.05) is 6.54 Å². The summed E-state index contributed by atoms with van der Waals surface area (Å²) in [5.74, 6) is 0.0232. The summed E-state index contributed by atoms with van der Waals surface area (Å²) in [6, 6.07) is 26.4. The van der Waals surface area contributed by atoms with Crippen LogP contribution in [0.15, 0.2) is 84.9 Å². The second-order valence-corrected chi connectivity index (χ2v) is 7.62. The molecule has 0 bridgehead atoms. The molecule has 3 nitrogen and oxygen atoms in total. The molecule has 0 fully saturated rings. The van der Waals surface area contributed by atoms with E-state index in [2.05, 4.69) is 5.32 Å². The zero-order chi connectivity index (χ0) is 21.3. The average Bonchev–Trinajstić information content (AvgIpc) is 2.79. The molecule has 0 radical (unpaired) electrons. The number of Topliss-reactive ketones (excluding diaryl/α,β-unsaturated/α-hetero) is 1. The lowest BCUT2D eigenvalue weighted by molar-refractivity contribution is -0.113. The average molecular weight is 420 g/mol. The van der Waals surface area contributed by atoms with Gasteiger partial charge in [-0.3, -0.25) is 4.79 Å². The molecule has 4 heteroatoms. The molecule has 2 atom stereocenters. The molecule has 0 saturated carbocycles. The zero-order valence-electron chi connectivity index (χ0n) is 17.0. The Morgan fingerprint density at radius 1 is 0.967 bits per heavy atom. The first-order valence-electron chi connectivity index (χ1n) is 10.1. The van der Waals surface area contributed by atoms with Crippen LogP contribution in [0.1, 0.15) is 36.1 Å². The largest absolute Gasteiger partial charge is 0.387 e. The fourth-order valence-electron chi connectivity index (χ4n) is 3.29. The topological polar surface area (TPSA) is 49.3 Å². The van der Waals surface area contributed by atoms with E-state index in [1.54, 1.807) is 0 Å². The molecular weight excluding hydrogens is 394 g/mol. The van der Waals surface area contributed by atoms with Crippen molar-refractivity contribution in [3.63, 3.8) is 0 Å². The van der Waals surface area contributed by atoms with E-state index in [0.29, 0.717) is 23.6 Å². The second-order valence-electron chi connectivity index (χ2n) is 7.22. The lowest BCUT2D eigenvalue weighted by Crippen LogP contribution is -2.33. The zero-order valence-corrected chi connectivity index (χ0v) is 17.7. The standard InChI is InChI=1S/C26H26ClNO2/c1-19(26(30)21-12-6-3-7-13-21)28-17-16-25(29)23(20-10-4-2-5-11-20)18-22-14-8-9-15-24(22)27/h2-15,18-19,26,28,30H,16-17H2,1H3/b23-18+. The van der Waals surface area contributed by atoms with Gasteiger partial charge >= 0.3 is 0 Å². The van der Waals surface area contributed by atoms with Gasteiger partial charge < -0.3 is 10.4 Å². The van der Waals surface area contributed by atoms with Gasteiger partial charge in [-0.15, -0.1) is 0 Å².